The van der Waals surface area contributed by atoms with Crippen LogP contribution in [-0.4, -0.2) is 30.3 Å². The first-order chi connectivity index (χ1) is 4.66. The smallest absolute Gasteiger partial charge is 0.222 e. The Balaban J connectivity index is 2.48. The Labute approximate surface area is 60.6 Å². The van der Waals surface area contributed by atoms with Gasteiger partial charge >= 0.3 is 0 Å². The van der Waals surface area contributed by atoms with Crippen molar-refractivity contribution in [2.45, 2.75) is 26.3 Å². The lowest BCUT2D eigenvalue weighted by atomic mass is 10.3. The van der Waals surface area contributed by atoms with Crippen molar-refractivity contribution in [2.75, 3.05) is 7.05 Å². The summed E-state index contributed by atoms with van der Waals surface area (Å²) in [7, 11) is 1.82. The van der Waals surface area contributed by atoms with Crippen LogP contribution >= 0.6 is 0 Å². The van der Waals surface area contributed by atoms with Crippen molar-refractivity contribution < 1.29 is 4.79 Å². The van der Waals surface area contributed by atoms with Crippen LogP contribution in [0.3, 0.4) is 0 Å². The van der Waals surface area contributed by atoms with Crippen molar-refractivity contribution in [1.29, 1.82) is 0 Å². The van der Waals surface area contributed by atoms with Gasteiger partial charge in [-0.3, -0.25) is 20.3 Å². The fraction of sp³-hybridized carbons (Fsp3) is 0.833. The second-order valence-electron chi connectivity index (χ2n) is 2.46. The zero-order chi connectivity index (χ0) is 7.72. The number of hydrogen-bond donors (Lipinski definition) is 2. The Bertz CT molecular complexity index is 148. The van der Waals surface area contributed by atoms with Crippen LogP contribution < -0.4 is 10.6 Å². The molecule has 58 valence electrons. The van der Waals surface area contributed by atoms with Gasteiger partial charge in [0.15, 0.2) is 0 Å². The van der Waals surface area contributed by atoms with Gasteiger partial charge in [-0.1, -0.05) is 0 Å². The maximum Gasteiger partial charge on any atom is 0.222 e. The molecular weight excluding hydrogens is 130 g/mol. The number of nitrogens with zero attached hydrogens (tertiary/aromatic N) is 1. The van der Waals surface area contributed by atoms with E-state index in [9.17, 15) is 4.79 Å². The Hall–Kier alpha value is -0.610. The van der Waals surface area contributed by atoms with Crippen molar-refractivity contribution in [3.63, 3.8) is 0 Å². The summed E-state index contributed by atoms with van der Waals surface area (Å²) >= 11 is 0. The second-order valence-corrected chi connectivity index (χ2v) is 2.46. The number of carbonyl (C=O) groups excluding carboxylic acids is 1. The summed E-state index contributed by atoms with van der Waals surface area (Å²) in [6, 6.07) is 0. The number of amides is 1. The molecule has 0 aromatic rings. The van der Waals surface area contributed by atoms with E-state index in [0.29, 0.717) is 0 Å². The van der Waals surface area contributed by atoms with Gasteiger partial charge in [0.05, 0.1) is 6.17 Å². The first-order valence-electron chi connectivity index (χ1n) is 3.39. The minimum absolute atomic E-state index is 0.0347. The van der Waals surface area contributed by atoms with Gasteiger partial charge < -0.3 is 0 Å². The van der Waals surface area contributed by atoms with E-state index >= 15 is 0 Å². The van der Waals surface area contributed by atoms with Crippen molar-refractivity contribution in [1.82, 2.24) is 15.5 Å². The summed E-state index contributed by atoms with van der Waals surface area (Å²) in [5, 5.41) is 6.08. The summed E-state index contributed by atoms with van der Waals surface area (Å²) < 4.78 is 0. The molecule has 1 amide bonds. The quantitative estimate of drug-likeness (QED) is 0.509. The molecule has 10 heavy (non-hydrogen) atoms. The molecule has 0 saturated carbocycles. The molecule has 1 heterocycles. The molecular formula is C6H13N3O. The summed E-state index contributed by atoms with van der Waals surface area (Å²) in [5.41, 5.74) is 0. The lowest BCUT2D eigenvalue weighted by Gasteiger charge is -2.47. The SMILES string of the molecule is CNC1NC(C)N1C(C)=O. The highest BCUT2D eigenvalue weighted by Gasteiger charge is 2.34. The number of nitrogens with one attached hydrogen (secondary N) is 2. The van der Waals surface area contributed by atoms with Crippen molar-refractivity contribution in [2.24, 2.45) is 0 Å². The summed E-state index contributed by atoms with van der Waals surface area (Å²) in [6.07, 6.45) is 0.211. The molecule has 0 bridgehead atoms. The molecule has 0 aliphatic carbocycles. The fourth-order valence-electron chi connectivity index (χ4n) is 1.21. The number of rotatable bonds is 1. The fourth-order valence-corrected chi connectivity index (χ4v) is 1.21. The highest BCUT2D eigenvalue weighted by molar-refractivity contribution is 5.74. The maximum absolute atomic E-state index is 10.9. The van der Waals surface area contributed by atoms with E-state index in [2.05, 4.69) is 10.6 Å². The third kappa shape index (κ3) is 0.998. The Kier molecular flexibility index (Phi) is 1.92. The van der Waals surface area contributed by atoms with Crippen molar-refractivity contribution in [3.8, 4) is 0 Å². The van der Waals surface area contributed by atoms with Crippen molar-refractivity contribution >= 4 is 5.91 Å². The molecule has 0 radical (unpaired) electrons. The maximum atomic E-state index is 10.9. The number of carbonyl (C=O) groups is 1. The molecule has 4 nitrogen and oxygen atoms in total. The minimum Gasteiger partial charge on any atom is -0.299 e. The lowest BCUT2D eigenvalue weighted by Crippen LogP contribution is -2.73. The standard InChI is InChI=1S/C6H13N3O/c1-4-8-6(7-3)9(4)5(2)10/h4,6-8H,1-3H3. The van der Waals surface area contributed by atoms with E-state index in [1.807, 2.05) is 14.0 Å². The van der Waals surface area contributed by atoms with Gasteiger partial charge in [-0.25, -0.2) is 0 Å². The molecule has 1 saturated heterocycles. The van der Waals surface area contributed by atoms with Crippen LogP contribution in [0.2, 0.25) is 0 Å². The lowest BCUT2D eigenvalue weighted by molar-refractivity contribution is -0.147. The van der Waals surface area contributed by atoms with E-state index in [-0.39, 0.29) is 18.4 Å². The van der Waals surface area contributed by atoms with Crippen LogP contribution in [0.4, 0.5) is 0 Å². The molecule has 0 aromatic carbocycles. The molecule has 4 heteroatoms. The van der Waals surface area contributed by atoms with Gasteiger partial charge in [0.2, 0.25) is 5.91 Å². The first-order valence-corrected chi connectivity index (χ1v) is 3.39. The predicted molar refractivity (Wildman–Crippen MR) is 38.0 cm³/mol. The van der Waals surface area contributed by atoms with E-state index in [0.717, 1.165) is 0 Å². The predicted octanol–water partition coefficient (Wildman–Crippen LogP) is -0.713. The van der Waals surface area contributed by atoms with Crippen LogP contribution in [0, 0.1) is 0 Å². The molecule has 1 fully saturated rings. The molecule has 1 aliphatic rings. The van der Waals surface area contributed by atoms with Gasteiger partial charge in [0, 0.05) is 6.92 Å². The Morgan fingerprint density at radius 3 is 2.50 bits per heavy atom. The molecule has 2 unspecified atom stereocenters. The summed E-state index contributed by atoms with van der Waals surface area (Å²) in [6.45, 7) is 3.52. The van der Waals surface area contributed by atoms with E-state index in [1.165, 1.54) is 0 Å². The van der Waals surface area contributed by atoms with Gasteiger partial charge in [-0.05, 0) is 14.0 Å². The van der Waals surface area contributed by atoms with E-state index < -0.39 is 0 Å². The molecule has 2 atom stereocenters. The zero-order valence-electron chi connectivity index (χ0n) is 6.51. The van der Waals surface area contributed by atoms with Gasteiger partial charge in [0.25, 0.3) is 0 Å². The molecule has 0 aromatic heterocycles. The molecule has 2 N–H and O–H groups in total. The average Bonchev–Trinajstić information content (AvgIpc) is 1.80. The molecule has 1 rings (SSSR count). The largest absolute Gasteiger partial charge is 0.299 e. The van der Waals surface area contributed by atoms with Crippen LogP contribution in [0.1, 0.15) is 13.8 Å². The van der Waals surface area contributed by atoms with Crippen LogP contribution in [0.15, 0.2) is 0 Å². The zero-order valence-corrected chi connectivity index (χ0v) is 6.51. The highest BCUT2D eigenvalue weighted by atomic mass is 16.2. The normalized spacial score (nSPS) is 31.7. The third-order valence-corrected chi connectivity index (χ3v) is 1.73. The Morgan fingerprint density at radius 2 is 2.30 bits per heavy atom. The summed E-state index contributed by atoms with van der Waals surface area (Å²) in [4.78, 5) is 12.6. The van der Waals surface area contributed by atoms with E-state index in [1.54, 1.807) is 11.8 Å². The monoisotopic (exact) mass is 143 g/mol. The molecule has 1 aliphatic heterocycles. The average molecular weight is 143 g/mol. The minimum atomic E-state index is 0.0347. The third-order valence-electron chi connectivity index (χ3n) is 1.73. The number of hydrogen-bond acceptors (Lipinski definition) is 3. The second kappa shape index (κ2) is 2.56. The van der Waals surface area contributed by atoms with Crippen LogP contribution in [0.25, 0.3) is 0 Å². The summed E-state index contributed by atoms with van der Waals surface area (Å²) in [5.74, 6) is 0.102. The van der Waals surface area contributed by atoms with Crippen molar-refractivity contribution in [3.05, 3.63) is 0 Å². The van der Waals surface area contributed by atoms with Crippen LogP contribution in [0.5, 0.6) is 0 Å². The first kappa shape index (κ1) is 7.50. The van der Waals surface area contributed by atoms with Crippen LogP contribution in [-0.2, 0) is 4.79 Å². The Morgan fingerprint density at radius 1 is 1.70 bits per heavy atom. The topological polar surface area (TPSA) is 44.4 Å². The molecule has 0 spiro atoms. The highest BCUT2D eigenvalue weighted by Crippen LogP contribution is 2.10. The van der Waals surface area contributed by atoms with Gasteiger partial charge in [-0.15, -0.1) is 0 Å². The van der Waals surface area contributed by atoms with Gasteiger partial charge in [0.1, 0.15) is 6.29 Å². The van der Waals surface area contributed by atoms with E-state index in [4.69, 9.17) is 0 Å². The van der Waals surface area contributed by atoms with Gasteiger partial charge in [-0.2, -0.15) is 0 Å².